The first-order valence-electron chi connectivity index (χ1n) is 12.9. The maximum Gasteiger partial charge on any atom is 2.00 e. The molecule has 8 rings (SSSR count). The Labute approximate surface area is 253 Å². The van der Waals surface area contributed by atoms with Gasteiger partial charge in [0.2, 0.25) is 11.8 Å². The molecule has 42 heavy (non-hydrogen) atoms. The van der Waals surface area contributed by atoms with Crippen LogP contribution in [0.5, 0.6) is 34.8 Å². The van der Waals surface area contributed by atoms with Crippen LogP contribution < -0.4 is 14.2 Å². The molecule has 8 aromatic rings. The first-order chi connectivity index (χ1) is 20.3. The Morgan fingerprint density at radius 2 is 0.952 bits per heavy atom. The molecule has 8 heteroatoms. The fraction of sp³-hybridized carbons (Fsp3) is 0. The SMILES string of the molecule is [Pt+2].[c-]1c(Oc2ccccn2)cc2oc3ccccc3c2c1Oc1[c-]c(Oc2ccccn2)cc2oc3ccccc3c12. The first-order valence-corrected chi connectivity index (χ1v) is 12.9. The number of hydrogen-bond acceptors (Lipinski definition) is 7. The van der Waals surface area contributed by atoms with Crippen LogP contribution in [0.1, 0.15) is 0 Å². The molecule has 0 unspecified atom stereocenters. The van der Waals surface area contributed by atoms with Crippen LogP contribution in [0, 0.1) is 12.1 Å². The van der Waals surface area contributed by atoms with Crippen LogP contribution in [0.3, 0.4) is 0 Å². The summed E-state index contributed by atoms with van der Waals surface area (Å²) in [6.45, 7) is 0. The molecule has 0 saturated heterocycles. The molecule has 4 aromatic heterocycles. The van der Waals surface area contributed by atoms with Gasteiger partial charge in [0.15, 0.2) is 0 Å². The molecule has 0 spiro atoms. The molecule has 4 heterocycles. The number of ether oxygens (including phenoxy) is 3. The minimum Gasteiger partial charge on any atom is -0.508 e. The second-order valence-electron chi connectivity index (χ2n) is 9.24. The Morgan fingerprint density at radius 1 is 0.500 bits per heavy atom. The van der Waals surface area contributed by atoms with Gasteiger partial charge in [-0.1, -0.05) is 72.8 Å². The van der Waals surface area contributed by atoms with E-state index >= 15 is 0 Å². The third-order valence-electron chi connectivity index (χ3n) is 6.61. The van der Waals surface area contributed by atoms with Gasteiger partial charge in [-0.3, -0.25) is 0 Å². The van der Waals surface area contributed by atoms with Crippen molar-refractivity contribution in [1.82, 2.24) is 9.97 Å². The van der Waals surface area contributed by atoms with Crippen LogP contribution in [0.4, 0.5) is 0 Å². The van der Waals surface area contributed by atoms with Crippen LogP contribution in [0.2, 0.25) is 0 Å². The molecular formula is C34H18N2O5Pt. The normalized spacial score (nSPS) is 11.1. The van der Waals surface area contributed by atoms with Gasteiger partial charge in [0.05, 0.1) is 0 Å². The monoisotopic (exact) mass is 729 g/mol. The zero-order chi connectivity index (χ0) is 27.2. The van der Waals surface area contributed by atoms with Gasteiger partial charge < -0.3 is 23.0 Å². The van der Waals surface area contributed by atoms with Crippen molar-refractivity contribution in [1.29, 1.82) is 0 Å². The van der Waals surface area contributed by atoms with Crippen LogP contribution in [0.25, 0.3) is 43.9 Å². The molecule has 4 aromatic carbocycles. The Kier molecular flexibility index (Phi) is 6.57. The van der Waals surface area contributed by atoms with Crippen LogP contribution >= 0.6 is 0 Å². The molecule has 0 aliphatic rings. The summed E-state index contributed by atoms with van der Waals surface area (Å²) in [5.41, 5.74) is 2.59. The van der Waals surface area contributed by atoms with Gasteiger partial charge in [0.1, 0.15) is 11.2 Å². The summed E-state index contributed by atoms with van der Waals surface area (Å²) in [5.74, 6) is 2.42. The number of fused-ring (bicyclic) bond motifs is 6. The van der Waals surface area contributed by atoms with Crippen molar-refractivity contribution in [2.75, 3.05) is 0 Å². The second kappa shape index (κ2) is 10.7. The maximum absolute atomic E-state index is 6.66. The van der Waals surface area contributed by atoms with Crippen LogP contribution in [-0.2, 0) is 21.1 Å². The van der Waals surface area contributed by atoms with E-state index in [-0.39, 0.29) is 21.1 Å². The van der Waals surface area contributed by atoms with Gasteiger partial charge in [-0.15, -0.1) is 0 Å². The molecule has 204 valence electrons. The summed E-state index contributed by atoms with van der Waals surface area (Å²) in [6, 6.07) is 36.6. The summed E-state index contributed by atoms with van der Waals surface area (Å²) < 4.78 is 31.1. The smallest absolute Gasteiger partial charge is 0.508 e. The quantitative estimate of drug-likeness (QED) is 0.158. The number of benzene rings is 4. The van der Waals surface area contributed by atoms with E-state index in [1.807, 2.05) is 72.8 Å². The molecule has 0 N–H and O–H groups in total. The minimum absolute atomic E-state index is 0. The first kappa shape index (κ1) is 25.8. The van der Waals surface area contributed by atoms with Gasteiger partial charge in [-0.05, 0) is 45.8 Å². The number of rotatable bonds is 6. The predicted molar refractivity (Wildman–Crippen MR) is 154 cm³/mol. The fourth-order valence-corrected chi connectivity index (χ4v) is 4.86. The average molecular weight is 730 g/mol. The van der Waals surface area contributed by atoms with E-state index in [2.05, 4.69) is 22.1 Å². The van der Waals surface area contributed by atoms with E-state index in [1.165, 1.54) is 0 Å². The van der Waals surface area contributed by atoms with E-state index < -0.39 is 0 Å². The van der Waals surface area contributed by atoms with Crippen molar-refractivity contribution in [2.45, 2.75) is 0 Å². The molecule has 0 atom stereocenters. The predicted octanol–water partition coefficient (Wildman–Crippen LogP) is 9.25. The largest absolute Gasteiger partial charge is 2.00 e. The zero-order valence-corrected chi connectivity index (χ0v) is 23.9. The van der Waals surface area contributed by atoms with Gasteiger partial charge in [-0.25, -0.2) is 9.97 Å². The van der Waals surface area contributed by atoms with Gasteiger partial charge >= 0.3 is 21.1 Å². The van der Waals surface area contributed by atoms with Gasteiger partial charge in [-0.2, -0.15) is 0 Å². The fourth-order valence-electron chi connectivity index (χ4n) is 4.86. The van der Waals surface area contributed by atoms with E-state index in [0.717, 1.165) is 21.5 Å². The number of hydrogen-bond donors (Lipinski definition) is 0. The van der Waals surface area contributed by atoms with E-state index in [9.17, 15) is 0 Å². The van der Waals surface area contributed by atoms with Crippen LogP contribution in [-0.4, -0.2) is 9.97 Å². The van der Waals surface area contributed by atoms with Gasteiger partial charge in [0, 0.05) is 58.7 Å². The Bertz CT molecular complexity index is 2040. The summed E-state index contributed by atoms with van der Waals surface area (Å²) in [4.78, 5) is 8.55. The molecule has 0 saturated carbocycles. The summed E-state index contributed by atoms with van der Waals surface area (Å²) in [6.07, 6.45) is 3.32. The van der Waals surface area contributed by atoms with Crippen molar-refractivity contribution >= 4 is 43.9 Å². The summed E-state index contributed by atoms with van der Waals surface area (Å²) in [5, 5.41) is 3.26. The summed E-state index contributed by atoms with van der Waals surface area (Å²) in [7, 11) is 0. The Morgan fingerprint density at radius 3 is 1.40 bits per heavy atom. The third kappa shape index (κ3) is 4.64. The maximum atomic E-state index is 6.66. The molecule has 0 fully saturated rings. The second-order valence-corrected chi connectivity index (χ2v) is 9.24. The van der Waals surface area contributed by atoms with Gasteiger partial charge in [0.25, 0.3) is 0 Å². The number of nitrogens with zero attached hydrogens (tertiary/aromatic N) is 2. The molecule has 0 aliphatic heterocycles. The van der Waals surface area contributed by atoms with Crippen molar-refractivity contribution in [3.63, 3.8) is 0 Å². The Balaban J connectivity index is 0.00000288. The topological polar surface area (TPSA) is 79.8 Å². The van der Waals surface area contributed by atoms with Crippen LogP contribution in [0.15, 0.2) is 118 Å². The standard InChI is InChI=1S/C34H18N2O5.Pt/c1-3-11-25-23(9-1)33-27(39-25)17-21(37-31-13-5-7-15-35-31)19-29(33)41-30-20-22(38-32-14-6-8-16-36-32)18-28-34(30)24-10-2-4-12-26(24)40-28;/h1-18H;/q-2;+2. The summed E-state index contributed by atoms with van der Waals surface area (Å²) >= 11 is 0. The van der Waals surface area contributed by atoms with E-state index in [4.69, 9.17) is 23.0 Å². The number of pyridine rings is 2. The molecular weight excluding hydrogens is 711 g/mol. The van der Waals surface area contributed by atoms with E-state index in [1.54, 1.807) is 36.7 Å². The molecule has 0 aliphatic carbocycles. The Hall–Kier alpha value is -5.13. The number of furan rings is 2. The molecule has 0 bridgehead atoms. The van der Waals surface area contributed by atoms with Crippen molar-refractivity contribution in [2.24, 2.45) is 0 Å². The minimum atomic E-state index is 0. The molecule has 7 nitrogen and oxygen atoms in total. The van der Waals surface area contributed by atoms with Crippen molar-refractivity contribution in [3.05, 3.63) is 122 Å². The van der Waals surface area contributed by atoms with E-state index in [0.29, 0.717) is 57.1 Å². The number of para-hydroxylation sites is 2. The van der Waals surface area contributed by atoms with Crippen molar-refractivity contribution in [3.8, 4) is 34.8 Å². The zero-order valence-electron chi connectivity index (χ0n) is 21.6. The average Bonchev–Trinajstić information content (AvgIpc) is 3.56. The van der Waals surface area contributed by atoms with Crippen molar-refractivity contribution < 1.29 is 44.1 Å². The third-order valence-corrected chi connectivity index (χ3v) is 6.61. The number of aromatic nitrogens is 2. The molecule has 0 radical (unpaired) electrons. The molecule has 0 amide bonds.